The summed E-state index contributed by atoms with van der Waals surface area (Å²) in [5.74, 6) is 0. The maximum Gasteiger partial charge on any atom is 0.163 e. The minimum Gasteiger partial charge on any atom is -0.376 e. The van der Waals surface area contributed by atoms with Crippen LogP contribution >= 0.6 is 12.2 Å². The van der Waals surface area contributed by atoms with Crippen LogP contribution in [0.1, 0.15) is 12.8 Å². The first kappa shape index (κ1) is 7.75. The highest BCUT2D eigenvalue weighted by atomic mass is 32.1. The summed E-state index contributed by atoms with van der Waals surface area (Å²) in [6, 6.07) is 0. The zero-order valence-corrected chi connectivity index (χ0v) is 6.62. The van der Waals surface area contributed by atoms with Crippen molar-refractivity contribution in [3.8, 4) is 0 Å². The molecule has 4 heteroatoms. The molecule has 58 valence electrons. The molecule has 1 unspecified atom stereocenters. The Labute approximate surface area is 65.9 Å². The molecule has 0 aromatic carbocycles. The largest absolute Gasteiger partial charge is 0.376 e. The Morgan fingerprint density at radius 2 is 2.60 bits per heavy atom. The molecule has 0 aliphatic carbocycles. The van der Waals surface area contributed by atoms with Crippen molar-refractivity contribution in [3.63, 3.8) is 0 Å². The monoisotopic (exact) mass is 160 g/mol. The highest BCUT2D eigenvalue weighted by Crippen LogP contribution is 2.10. The van der Waals surface area contributed by atoms with Gasteiger partial charge in [0.15, 0.2) is 5.11 Å². The number of thiocarbonyl (C=S) groups is 1. The van der Waals surface area contributed by atoms with Gasteiger partial charge in [-0.25, -0.2) is 0 Å². The summed E-state index contributed by atoms with van der Waals surface area (Å²) < 4.78 is 5.33. The minimum atomic E-state index is 0.321. The van der Waals surface area contributed by atoms with Crippen molar-refractivity contribution in [1.29, 1.82) is 0 Å². The van der Waals surface area contributed by atoms with E-state index in [4.69, 9.17) is 10.5 Å². The fraction of sp³-hybridized carbons (Fsp3) is 0.833. The van der Waals surface area contributed by atoms with Crippen molar-refractivity contribution in [2.75, 3.05) is 13.2 Å². The summed E-state index contributed by atoms with van der Waals surface area (Å²) in [5.41, 5.74) is 5.24. The van der Waals surface area contributed by atoms with E-state index in [2.05, 4.69) is 17.5 Å². The van der Waals surface area contributed by atoms with Gasteiger partial charge < -0.3 is 15.8 Å². The Morgan fingerprint density at radius 3 is 3.10 bits per heavy atom. The molecular formula is C6H12N2OS. The van der Waals surface area contributed by atoms with Crippen molar-refractivity contribution in [3.05, 3.63) is 0 Å². The highest BCUT2D eigenvalue weighted by molar-refractivity contribution is 7.80. The van der Waals surface area contributed by atoms with E-state index in [1.165, 1.54) is 0 Å². The van der Waals surface area contributed by atoms with Crippen molar-refractivity contribution in [2.24, 2.45) is 5.73 Å². The average molecular weight is 160 g/mol. The smallest absolute Gasteiger partial charge is 0.163 e. The molecule has 1 rings (SSSR count). The number of hydrogen-bond donors (Lipinski definition) is 2. The number of ether oxygens (including phenoxy) is 1. The first-order valence-electron chi connectivity index (χ1n) is 3.44. The van der Waals surface area contributed by atoms with Gasteiger partial charge in [0.05, 0.1) is 6.10 Å². The highest BCUT2D eigenvalue weighted by Gasteiger charge is 2.14. The predicted octanol–water partition coefficient (Wildman–Crippen LogP) is -0.00140. The third-order valence-electron chi connectivity index (χ3n) is 1.53. The van der Waals surface area contributed by atoms with Crippen LogP contribution in [0.2, 0.25) is 0 Å². The molecule has 1 atom stereocenters. The lowest BCUT2D eigenvalue weighted by Crippen LogP contribution is -2.35. The van der Waals surface area contributed by atoms with Gasteiger partial charge in [0.1, 0.15) is 0 Å². The maximum absolute atomic E-state index is 5.33. The zero-order chi connectivity index (χ0) is 7.40. The van der Waals surface area contributed by atoms with Gasteiger partial charge in [-0.05, 0) is 25.1 Å². The van der Waals surface area contributed by atoms with Gasteiger partial charge in [-0.1, -0.05) is 0 Å². The van der Waals surface area contributed by atoms with Crippen LogP contribution < -0.4 is 11.1 Å². The molecule has 1 heterocycles. The quantitative estimate of drug-likeness (QED) is 0.558. The molecule has 1 fully saturated rings. The molecule has 1 aliphatic heterocycles. The van der Waals surface area contributed by atoms with Crippen LogP contribution in [0, 0.1) is 0 Å². The second kappa shape index (κ2) is 3.73. The second-order valence-corrected chi connectivity index (χ2v) is 2.82. The topological polar surface area (TPSA) is 47.3 Å². The Bertz CT molecular complexity index is 123. The van der Waals surface area contributed by atoms with Crippen molar-refractivity contribution >= 4 is 17.3 Å². The normalized spacial score (nSPS) is 24.6. The van der Waals surface area contributed by atoms with Gasteiger partial charge in [-0.15, -0.1) is 0 Å². The summed E-state index contributed by atoms with van der Waals surface area (Å²) in [4.78, 5) is 0. The summed E-state index contributed by atoms with van der Waals surface area (Å²) >= 11 is 4.64. The van der Waals surface area contributed by atoms with Crippen LogP contribution in [0.4, 0.5) is 0 Å². The number of rotatable bonds is 2. The Morgan fingerprint density at radius 1 is 1.80 bits per heavy atom. The van der Waals surface area contributed by atoms with Crippen LogP contribution in [-0.2, 0) is 4.74 Å². The van der Waals surface area contributed by atoms with Crippen molar-refractivity contribution in [1.82, 2.24) is 5.32 Å². The van der Waals surface area contributed by atoms with E-state index >= 15 is 0 Å². The number of hydrogen-bond acceptors (Lipinski definition) is 2. The standard InChI is InChI=1S/C6H12N2OS/c7-6(10)8-4-5-2-1-3-9-5/h5H,1-4H2,(H3,7,8,10). The van der Waals surface area contributed by atoms with Gasteiger partial charge in [0.25, 0.3) is 0 Å². The van der Waals surface area contributed by atoms with E-state index in [0.29, 0.717) is 11.2 Å². The Balaban J connectivity index is 2.07. The van der Waals surface area contributed by atoms with Crippen LogP contribution in [-0.4, -0.2) is 24.4 Å². The van der Waals surface area contributed by atoms with E-state index in [1.54, 1.807) is 0 Å². The first-order chi connectivity index (χ1) is 4.79. The molecular weight excluding hydrogens is 148 g/mol. The molecule has 1 saturated heterocycles. The predicted molar refractivity (Wildman–Crippen MR) is 43.8 cm³/mol. The lowest BCUT2D eigenvalue weighted by molar-refractivity contribution is 0.114. The van der Waals surface area contributed by atoms with Crippen LogP contribution in [0.25, 0.3) is 0 Å². The lowest BCUT2D eigenvalue weighted by atomic mass is 10.2. The third kappa shape index (κ3) is 2.49. The van der Waals surface area contributed by atoms with Gasteiger partial charge in [-0.3, -0.25) is 0 Å². The molecule has 10 heavy (non-hydrogen) atoms. The summed E-state index contributed by atoms with van der Waals surface area (Å²) in [6.45, 7) is 1.64. The molecule has 0 saturated carbocycles. The van der Waals surface area contributed by atoms with Crippen LogP contribution in [0.15, 0.2) is 0 Å². The van der Waals surface area contributed by atoms with E-state index in [-0.39, 0.29) is 0 Å². The molecule has 3 N–H and O–H groups in total. The number of nitrogens with one attached hydrogen (secondary N) is 1. The maximum atomic E-state index is 5.33. The lowest BCUT2D eigenvalue weighted by Gasteiger charge is -2.09. The summed E-state index contributed by atoms with van der Waals surface area (Å²) in [5, 5.41) is 3.23. The van der Waals surface area contributed by atoms with Gasteiger partial charge in [-0.2, -0.15) is 0 Å². The molecule has 0 spiro atoms. The molecule has 0 amide bonds. The Kier molecular flexibility index (Phi) is 2.89. The molecule has 0 bridgehead atoms. The van der Waals surface area contributed by atoms with E-state index < -0.39 is 0 Å². The first-order valence-corrected chi connectivity index (χ1v) is 3.85. The van der Waals surface area contributed by atoms with Gasteiger partial charge in [0, 0.05) is 13.2 Å². The fourth-order valence-corrected chi connectivity index (χ4v) is 1.10. The van der Waals surface area contributed by atoms with E-state index in [1.807, 2.05) is 0 Å². The number of nitrogens with two attached hydrogens (primary N) is 1. The molecule has 0 aromatic heterocycles. The van der Waals surface area contributed by atoms with E-state index in [0.717, 1.165) is 26.0 Å². The minimum absolute atomic E-state index is 0.321. The molecule has 3 nitrogen and oxygen atoms in total. The zero-order valence-electron chi connectivity index (χ0n) is 5.80. The average Bonchev–Trinajstić information content (AvgIpc) is 2.34. The molecule has 1 aliphatic rings. The third-order valence-corrected chi connectivity index (χ3v) is 1.67. The van der Waals surface area contributed by atoms with Gasteiger partial charge >= 0.3 is 0 Å². The van der Waals surface area contributed by atoms with Crippen LogP contribution in [0.3, 0.4) is 0 Å². The fourth-order valence-electron chi connectivity index (χ4n) is 1.02. The summed E-state index contributed by atoms with van der Waals surface area (Å²) in [6.07, 6.45) is 2.60. The summed E-state index contributed by atoms with van der Waals surface area (Å²) in [7, 11) is 0. The van der Waals surface area contributed by atoms with Gasteiger partial charge in [0.2, 0.25) is 0 Å². The molecule has 0 aromatic rings. The van der Waals surface area contributed by atoms with E-state index in [9.17, 15) is 0 Å². The Hall–Kier alpha value is -0.350. The van der Waals surface area contributed by atoms with Crippen LogP contribution in [0.5, 0.6) is 0 Å². The molecule has 0 radical (unpaired) electrons. The van der Waals surface area contributed by atoms with Crippen molar-refractivity contribution in [2.45, 2.75) is 18.9 Å². The van der Waals surface area contributed by atoms with Crippen molar-refractivity contribution < 1.29 is 4.74 Å². The SMILES string of the molecule is NC(=S)NCC1CCCO1. The second-order valence-electron chi connectivity index (χ2n) is 2.38.